The lowest BCUT2D eigenvalue weighted by Gasteiger charge is -2.22. The van der Waals surface area contributed by atoms with E-state index in [4.69, 9.17) is 5.73 Å². The van der Waals surface area contributed by atoms with E-state index in [0.717, 1.165) is 48.4 Å². The second-order valence-corrected chi connectivity index (χ2v) is 6.74. The molecule has 1 fully saturated rings. The van der Waals surface area contributed by atoms with Crippen LogP contribution in [0.25, 0.3) is 10.6 Å². The summed E-state index contributed by atoms with van der Waals surface area (Å²) in [5.41, 5.74) is 7.64. The lowest BCUT2D eigenvalue weighted by Crippen LogP contribution is -2.52. The van der Waals surface area contributed by atoms with Crippen molar-refractivity contribution in [2.45, 2.75) is 37.6 Å². The van der Waals surface area contributed by atoms with Gasteiger partial charge >= 0.3 is 0 Å². The van der Waals surface area contributed by atoms with Crippen LogP contribution >= 0.6 is 11.3 Å². The van der Waals surface area contributed by atoms with Gasteiger partial charge in [0.2, 0.25) is 5.91 Å². The van der Waals surface area contributed by atoms with Gasteiger partial charge in [0, 0.05) is 23.9 Å². The quantitative estimate of drug-likeness (QED) is 0.891. The number of nitrogens with one attached hydrogen (secondary N) is 1. The first kappa shape index (κ1) is 15.2. The van der Waals surface area contributed by atoms with E-state index in [-0.39, 0.29) is 5.91 Å². The van der Waals surface area contributed by atoms with Crippen LogP contribution in [0.3, 0.4) is 0 Å². The maximum atomic E-state index is 12.1. The predicted octanol–water partition coefficient (Wildman–Crippen LogP) is 2.74. The molecule has 0 bridgehead atoms. The minimum atomic E-state index is -0.642. The molecule has 2 aromatic rings. The average molecular weight is 315 g/mol. The molecular formula is C17H21N3OS. The van der Waals surface area contributed by atoms with E-state index in [1.165, 1.54) is 0 Å². The summed E-state index contributed by atoms with van der Waals surface area (Å²) in [6.45, 7) is 0.593. The molecule has 1 heterocycles. The highest BCUT2D eigenvalue weighted by Gasteiger charge is 2.36. The molecule has 1 aromatic carbocycles. The summed E-state index contributed by atoms with van der Waals surface area (Å²) in [7, 11) is 0. The monoisotopic (exact) mass is 315 g/mol. The number of hydrogen-bond acceptors (Lipinski definition) is 4. The van der Waals surface area contributed by atoms with E-state index in [1.807, 2.05) is 18.2 Å². The van der Waals surface area contributed by atoms with E-state index in [2.05, 4.69) is 27.8 Å². The van der Waals surface area contributed by atoms with Crippen LogP contribution in [0.2, 0.25) is 0 Å². The summed E-state index contributed by atoms with van der Waals surface area (Å²) in [5, 5.41) is 6.04. The Hall–Kier alpha value is -1.72. The van der Waals surface area contributed by atoms with Crippen LogP contribution in [0, 0.1) is 0 Å². The second kappa shape index (κ2) is 6.58. The van der Waals surface area contributed by atoms with Crippen molar-refractivity contribution in [3.63, 3.8) is 0 Å². The fourth-order valence-corrected chi connectivity index (χ4v) is 3.71. The van der Waals surface area contributed by atoms with Crippen molar-refractivity contribution in [3.05, 3.63) is 41.4 Å². The molecule has 0 saturated heterocycles. The normalized spacial score (nSPS) is 16.6. The van der Waals surface area contributed by atoms with Gasteiger partial charge in [0.1, 0.15) is 5.01 Å². The highest BCUT2D eigenvalue weighted by atomic mass is 32.1. The van der Waals surface area contributed by atoms with Gasteiger partial charge in [-0.15, -0.1) is 11.3 Å². The van der Waals surface area contributed by atoms with Crippen LogP contribution < -0.4 is 11.1 Å². The second-order valence-electron chi connectivity index (χ2n) is 5.88. The van der Waals surface area contributed by atoms with Crippen LogP contribution in [-0.2, 0) is 11.2 Å². The average Bonchev–Trinajstić information content (AvgIpc) is 3.18. The maximum Gasteiger partial charge on any atom is 0.240 e. The number of rotatable bonds is 5. The van der Waals surface area contributed by atoms with Crippen LogP contribution in [0.4, 0.5) is 0 Å². The van der Waals surface area contributed by atoms with Gasteiger partial charge < -0.3 is 11.1 Å². The summed E-state index contributed by atoms with van der Waals surface area (Å²) in [4.78, 5) is 16.8. The van der Waals surface area contributed by atoms with Crippen molar-refractivity contribution in [2.24, 2.45) is 5.73 Å². The van der Waals surface area contributed by atoms with Gasteiger partial charge in [-0.3, -0.25) is 4.79 Å². The predicted molar refractivity (Wildman–Crippen MR) is 89.7 cm³/mol. The molecule has 0 atom stereocenters. The number of carbonyl (C=O) groups excluding carboxylic acids is 1. The van der Waals surface area contributed by atoms with E-state index < -0.39 is 5.54 Å². The first-order valence-electron chi connectivity index (χ1n) is 7.74. The molecule has 3 N–H and O–H groups in total. The maximum absolute atomic E-state index is 12.1. The third-order valence-electron chi connectivity index (χ3n) is 4.19. The Kier molecular flexibility index (Phi) is 4.55. The third-order valence-corrected chi connectivity index (χ3v) is 5.13. The van der Waals surface area contributed by atoms with Crippen molar-refractivity contribution in [2.75, 3.05) is 6.54 Å². The van der Waals surface area contributed by atoms with Crippen molar-refractivity contribution in [1.29, 1.82) is 0 Å². The molecule has 0 spiro atoms. The molecule has 3 rings (SSSR count). The molecule has 1 aliphatic rings. The van der Waals surface area contributed by atoms with Gasteiger partial charge in [-0.25, -0.2) is 4.98 Å². The lowest BCUT2D eigenvalue weighted by atomic mass is 9.98. The number of thiazole rings is 1. The number of nitrogens with two attached hydrogens (primary N) is 1. The van der Waals surface area contributed by atoms with Crippen LogP contribution in [0.15, 0.2) is 35.7 Å². The number of carbonyl (C=O) groups is 1. The Bertz CT molecular complexity index is 632. The SMILES string of the molecule is NC1(C(=O)NCCc2csc(-c3ccccc3)n2)CCCC1. The first-order valence-corrected chi connectivity index (χ1v) is 8.62. The fourth-order valence-electron chi connectivity index (χ4n) is 2.85. The number of benzene rings is 1. The summed E-state index contributed by atoms with van der Waals surface area (Å²) in [5.74, 6) is -0.0106. The van der Waals surface area contributed by atoms with Gasteiger partial charge in [0.15, 0.2) is 0 Å². The Morgan fingerprint density at radius 2 is 2.00 bits per heavy atom. The molecule has 1 amide bonds. The zero-order valence-electron chi connectivity index (χ0n) is 12.5. The van der Waals surface area contributed by atoms with Crippen LogP contribution in [-0.4, -0.2) is 23.0 Å². The third kappa shape index (κ3) is 3.36. The van der Waals surface area contributed by atoms with Gasteiger partial charge in [-0.05, 0) is 12.8 Å². The lowest BCUT2D eigenvalue weighted by molar-refractivity contribution is -0.126. The fraction of sp³-hybridized carbons (Fsp3) is 0.412. The number of hydrogen-bond donors (Lipinski definition) is 2. The minimum absolute atomic E-state index is 0.0106. The molecule has 1 saturated carbocycles. The van der Waals surface area contributed by atoms with Crippen LogP contribution in [0.5, 0.6) is 0 Å². The van der Waals surface area contributed by atoms with E-state index in [0.29, 0.717) is 6.54 Å². The smallest absolute Gasteiger partial charge is 0.240 e. The Balaban J connectivity index is 1.52. The Morgan fingerprint density at radius 1 is 1.27 bits per heavy atom. The van der Waals surface area contributed by atoms with Crippen molar-refractivity contribution >= 4 is 17.2 Å². The number of amides is 1. The van der Waals surface area contributed by atoms with Crippen LogP contribution in [0.1, 0.15) is 31.4 Å². The molecule has 0 unspecified atom stereocenters. The highest BCUT2D eigenvalue weighted by molar-refractivity contribution is 7.13. The molecule has 116 valence electrons. The summed E-state index contributed by atoms with van der Waals surface area (Å²) in [6, 6.07) is 10.1. The molecule has 4 nitrogen and oxygen atoms in total. The first-order chi connectivity index (χ1) is 10.7. The summed E-state index contributed by atoms with van der Waals surface area (Å²) >= 11 is 1.64. The topological polar surface area (TPSA) is 68.0 Å². The number of nitrogens with zero attached hydrogens (tertiary/aromatic N) is 1. The zero-order valence-corrected chi connectivity index (χ0v) is 13.4. The molecule has 0 radical (unpaired) electrons. The Labute approximate surface area is 134 Å². The highest BCUT2D eigenvalue weighted by Crippen LogP contribution is 2.27. The summed E-state index contributed by atoms with van der Waals surface area (Å²) < 4.78 is 0. The Morgan fingerprint density at radius 3 is 2.73 bits per heavy atom. The summed E-state index contributed by atoms with van der Waals surface area (Å²) in [6.07, 6.45) is 4.44. The molecule has 0 aliphatic heterocycles. The minimum Gasteiger partial charge on any atom is -0.354 e. The molecule has 22 heavy (non-hydrogen) atoms. The van der Waals surface area contributed by atoms with E-state index >= 15 is 0 Å². The van der Waals surface area contributed by atoms with Gasteiger partial charge in [-0.1, -0.05) is 43.2 Å². The van der Waals surface area contributed by atoms with Gasteiger partial charge in [0.05, 0.1) is 11.2 Å². The van der Waals surface area contributed by atoms with Crippen molar-refractivity contribution in [3.8, 4) is 10.6 Å². The molecular weight excluding hydrogens is 294 g/mol. The van der Waals surface area contributed by atoms with Crippen molar-refractivity contribution in [1.82, 2.24) is 10.3 Å². The van der Waals surface area contributed by atoms with Gasteiger partial charge in [0.25, 0.3) is 0 Å². The molecule has 1 aromatic heterocycles. The molecule has 1 aliphatic carbocycles. The largest absolute Gasteiger partial charge is 0.354 e. The van der Waals surface area contributed by atoms with E-state index in [9.17, 15) is 4.79 Å². The number of aromatic nitrogens is 1. The standard InChI is InChI=1S/C17H21N3OS/c18-17(9-4-5-10-17)16(21)19-11-8-14-12-22-15(20-14)13-6-2-1-3-7-13/h1-3,6-7,12H,4-5,8-11,18H2,(H,19,21). The van der Waals surface area contributed by atoms with Gasteiger partial charge in [-0.2, -0.15) is 0 Å². The van der Waals surface area contributed by atoms with E-state index in [1.54, 1.807) is 11.3 Å². The zero-order chi connectivity index (χ0) is 15.4. The molecule has 5 heteroatoms. The van der Waals surface area contributed by atoms with Crippen molar-refractivity contribution < 1.29 is 4.79 Å².